The monoisotopic (exact) mass is 332 g/mol. The third-order valence-electron chi connectivity index (χ3n) is 5.83. The van der Waals surface area contributed by atoms with E-state index in [9.17, 15) is 0 Å². The van der Waals surface area contributed by atoms with Crippen LogP contribution in [0.15, 0.2) is 18.2 Å². The zero-order chi connectivity index (χ0) is 16.9. The molecule has 4 nitrogen and oxygen atoms in total. The molecule has 134 valence electrons. The van der Waals surface area contributed by atoms with Crippen molar-refractivity contribution in [2.45, 2.75) is 51.1 Å². The van der Waals surface area contributed by atoms with E-state index >= 15 is 0 Å². The number of likely N-dealkylation sites (tertiary alicyclic amines) is 1. The molecule has 1 aliphatic carbocycles. The van der Waals surface area contributed by atoms with Gasteiger partial charge in [0.2, 0.25) is 0 Å². The Morgan fingerprint density at radius 1 is 1.12 bits per heavy atom. The van der Waals surface area contributed by atoms with Gasteiger partial charge >= 0.3 is 0 Å². The first kappa shape index (κ1) is 17.6. The van der Waals surface area contributed by atoms with Gasteiger partial charge in [-0.1, -0.05) is 18.9 Å². The Morgan fingerprint density at radius 2 is 1.88 bits per heavy atom. The standard InChI is InChI=1S/C20H32N2O2/c1-23-19-8-7-15(12-20(19)24-2)13-22-10-9-16(14-22)11-18(21)17-5-3-4-6-17/h7-8,12,16-18H,3-6,9-11,13-14,21H2,1-2H3. The molecule has 1 heterocycles. The highest BCUT2D eigenvalue weighted by Gasteiger charge is 2.28. The smallest absolute Gasteiger partial charge is 0.161 e. The van der Waals surface area contributed by atoms with Crippen molar-refractivity contribution >= 4 is 0 Å². The van der Waals surface area contributed by atoms with Crippen LogP contribution in [-0.2, 0) is 6.54 Å². The second-order valence-electron chi connectivity index (χ2n) is 7.52. The summed E-state index contributed by atoms with van der Waals surface area (Å²) in [6.45, 7) is 3.33. The second-order valence-corrected chi connectivity index (χ2v) is 7.52. The number of hydrogen-bond donors (Lipinski definition) is 1. The third kappa shape index (κ3) is 4.22. The lowest BCUT2D eigenvalue weighted by Gasteiger charge is -2.23. The molecule has 0 spiro atoms. The van der Waals surface area contributed by atoms with Crippen LogP contribution in [0.4, 0.5) is 0 Å². The van der Waals surface area contributed by atoms with Gasteiger partial charge in [-0.2, -0.15) is 0 Å². The van der Waals surface area contributed by atoms with Crippen LogP contribution in [0.25, 0.3) is 0 Å². The molecule has 3 rings (SSSR count). The molecule has 1 saturated heterocycles. The van der Waals surface area contributed by atoms with Crippen LogP contribution in [0.2, 0.25) is 0 Å². The lowest BCUT2D eigenvalue weighted by Crippen LogP contribution is -2.31. The maximum atomic E-state index is 6.48. The van der Waals surface area contributed by atoms with E-state index in [1.807, 2.05) is 6.07 Å². The number of nitrogens with zero attached hydrogens (tertiary/aromatic N) is 1. The molecule has 2 atom stereocenters. The number of ether oxygens (including phenoxy) is 2. The first-order valence-corrected chi connectivity index (χ1v) is 9.38. The van der Waals surface area contributed by atoms with E-state index in [-0.39, 0.29) is 0 Å². The summed E-state index contributed by atoms with van der Waals surface area (Å²) in [5, 5.41) is 0. The van der Waals surface area contributed by atoms with E-state index in [2.05, 4.69) is 17.0 Å². The van der Waals surface area contributed by atoms with Gasteiger partial charge in [0, 0.05) is 19.1 Å². The fourth-order valence-electron chi connectivity index (χ4n) is 4.45. The molecule has 4 heteroatoms. The Balaban J connectivity index is 1.50. The molecular formula is C20H32N2O2. The van der Waals surface area contributed by atoms with E-state index in [1.165, 1.54) is 57.2 Å². The SMILES string of the molecule is COc1ccc(CN2CCC(CC(N)C3CCCC3)C2)cc1OC. The lowest BCUT2D eigenvalue weighted by molar-refractivity contribution is 0.294. The number of methoxy groups -OCH3 is 2. The molecule has 1 aliphatic heterocycles. The summed E-state index contributed by atoms with van der Waals surface area (Å²) >= 11 is 0. The van der Waals surface area contributed by atoms with Crippen LogP contribution in [0.1, 0.15) is 44.1 Å². The molecule has 1 aromatic rings. The summed E-state index contributed by atoms with van der Waals surface area (Å²) in [6.07, 6.45) is 7.95. The Hall–Kier alpha value is -1.26. The van der Waals surface area contributed by atoms with E-state index < -0.39 is 0 Å². The Labute approximate surface area is 146 Å². The molecular weight excluding hydrogens is 300 g/mol. The Bertz CT molecular complexity index is 528. The van der Waals surface area contributed by atoms with Crippen LogP contribution < -0.4 is 15.2 Å². The van der Waals surface area contributed by atoms with Crippen LogP contribution in [-0.4, -0.2) is 38.3 Å². The minimum Gasteiger partial charge on any atom is -0.493 e. The average molecular weight is 332 g/mol. The molecule has 0 radical (unpaired) electrons. The number of hydrogen-bond acceptors (Lipinski definition) is 4. The zero-order valence-electron chi connectivity index (χ0n) is 15.2. The highest BCUT2D eigenvalue weighted by Crippen LogP contribution is 2.32. The first-order chi connectivity index (χ1) is 11.7. The molecule has 2 N–H and O–H groups in total. The fraction of sp³-hybridized carbons (Fsp3) is 0.700. The lowest BCUT2D eigenvalue weighted by atomic mass is 9.89. The van der Waals surface area contributed by atoms with Gasteiger partial charge in [0.15, 0.2) is 11.5 Å². The highest BCUT2D eigenvalue weighted by molar-refractivity contribution is 5.42. The molecule has 24 heavy (non-hydrogen) atoms. The minimum absolute atomic E-state index is 0.415. The molecule has 0 amide bonds. The van der Waals surface area contributed by atoms with Crippen molar-refractivity contribution in [2.75, 3.05) is 27.3 Å². The summed E-state index contributed by atoms with van der Waals surface area (Å²) in [7, 11) is 3.37. The van der Waals surface area contributed by atoms with Gasteiger partial charge in [0.1, 0.15) is 0 Å². The van der Waals surface area contributed by atoms with Crippen molar-refractivity contribution < 1.29 is 9.47 Å². The predicted octanol–water partition coefficient (Wildman–Crippen LogP) is 3.43. The number of benzene rings is 1. The topological polar surface area (TPSA) is 47.7 Å². The molecule has 1 saturated carbocycles. The van der Waals surface area contributed by atoms with Gasteiger partial charge in [-0.3, -0.25) is 4.90 Å². The second kappa shape index (κ2) is 8.21. The largest absolute Gasteiger partial charge is 0.493 e. The van der Waals surface area contributed by atoms with Crippen molar-refractivity contribution in [3.05, 3.63) is 23.8 Å². The molecule has 2 aliphatic rings. The first-order valence-electron chi connectivity index (χ1n) is 9.38. The quantitative estimate of drug-likeness (QED) is 0.831. The Morgan fingerprint density at radius 3 is 2.58 bits per heavy atom. The predicted molar refractivity (Wildman–Crippen MR) is 97.5 cm³/mol. The van der Waals surface area contributed by atoms with Gasteiger partial charge in [0.05, 0.1) is 14.2 Å². The van der Waals surface area contributed by atoms with Crippen LogP contribution >= 0.6 is 0 Å². The van der Waals surface area contributed by atoms with Crippen molar-refractivity contribution in [2.24, 2.45) is 17.6 Å². The highest BCUT2D eigenvalue weighted by atomic mass is 16.5. The zero-order valence-corrected chi connectivity index (χ0v) is 15.2. The van der Waals surface area contributed by atoms with Gasteiger partial charge in [-0.15, -0.1) is 0 Å². The molecule has 0 bridgehead atoms. The van der Waals surface area contributed by atoms with Crippen LogP contribution in [0.3, 0.4) is 0 Å². The van der Waals surface area contributed by atoms with Crippen molar-refractivity contribution in [3.63, 3.8) is 0 Å². The third-order valence-corrected chi connectivity index (χ3v) is 5.83. The normalized spacial score (nSPS) is 23.5. The maximum absolute atomic E-state index is 6.48. The van der Waals surface area contributed by atoms with Crippen molar-refractivity contribution in [1.82, 2.24) is 4.90 Å². The summed E-state index contributed by atoms with van der Waals surface area (Å²) < 4.78 is 10.7. The van der Waals surface area contributed by atoms with Crippen molar-refractivity contribution in [3.8, 4) is 11.5 Å². The summed E-state index contributed by atoms with van der Waals surface area (Å²) in [4.78, 5) is 2.55. The van der Waals surface area contributed by atoms with Crippen molar-refractivity contribution in [1.29, 1.82) is 0 Å². The maximum Gasteiger partial charge on any atom is 0.161 e. The summed E-state index contributed by atoms with van der Waals surface area (Å²) in [5.74, 6) is 3.16. The summed E-state index contributed by atoms with van der Waals surface area (Å²) in [6, 6.07) is 6.64. The van der Waals surface area contributed by atoms with Gasteiger partial charge < -0.3 is 15.2 Å². The van der Waals surface area contributed by atoms with E-state index in [4.69, 9.17) is 15.2 Å². The average Bonchev–Trinajstić information content (AvgIpc) is 3.27. The van der Waals surface area contributed by atoms with E-state index in [0.29, 0.717) is 6.04 Å². The minimum atomic E-state index is 0.415. The number of nitrogens with two attached hydrogens (primary N) is 1. The number of rotatable bonds is 7. The molecule has 1 aromatic carbocycles. The summed E-state index contributed by atoms with van der Waals surface area (Å²) in [5.41, 5.74) is 7.76. The van der Waals surface area contributed by atoms with E-state index in [1.54, 1.807) is 14.2 Å². The fourth-order valence-corrected chi connectivity index (χ4v) is 4.45. The molecule has 0 aromatic heterocycles. The van der Waals surface area contributed by atoms with Gasteiger partial charge in [-0.05, 0) is 61.8 Å². The molecule has 2 unspecified atom stereocenters. The van der Waals surface area contributed by atoms with Crippen LogP contribution in [0.5, 0.6) is 11.5 Å². The van der Waals surface area contributed by atoms with Crippen LogP contribution in [0, 0.1) is 11.8 Å². The van der Waals surface area contributed by atoms with Gasteiger partial charge in [0.25, 0.3) is 0 Å². The Kier molecular flexibility index (Phi) is 6.01. The molecule has 2 fully saturated rings. The van der Waals surface area contributed by atoms with E-state index in [0.717, 1.165) is 29.9 Å². The van der Waals surface area contributed by atoms with Gasteiger partial charge in [-0.25, -0.2) is 0 Å².